The first-order valence-electron chi connectivity index (χ1n) is 7.11. The number of halogens is 1. The molecule has 5 heteroatoms. The lowest BCUT2D eigenvalue weighted by atomic mass is 10.1. The van der Waals surface area contributed by atoms with Crippen molar-refractivity contribution in [2.75, 3.05) is 26.7 Å². The highest BCUT2D eigenvalue weighted by Crippen LogP contribution is 2.23. The van der Waals surface area contributed by atoms with Gasteiger partial charge in [-0.3, -0.25) is 4.79 Å². The van der Waals surface area contributed by atoms with Crippen molar-refractivity contribution in [2.24, 2.45) is 0 Å². The van der Waals surface area contributed by atoms with Crippen LogP contribution < -0.4 is 0 Å². The van der Waals surface area contributed by atoms with E-state index in [2.05, 4.69) is 23.9 Å². The molecule has 1 saturated heterocycles. The highest BCUT2D eigenvalue weighted by atomic mass is 35.5. The van der Waals surface area contributed by atoms with Gasteiger partial charge in [0.2, 0.25) is 0 Å². The maximum Gasteiger partial charge on any atom is 0.272 e. The van der Waals surface area contributed by atoms with Gasteiger partial charge in [0.1, 0.15) is 10.8 Å². The maximum atomic E-state index is 12.7. The minimum atomic E-state index is -0.0387. The second-order valence-corrected chi connectivity index (χ2v) is 5.99. The van der Waals surface area contributed by atoms with Gasteiger partial charge in [-0.15, -0.1) is 0 Å². The van der Waals surface area contributed by atoms with Gasteiger partial charge in [0.25, 0.3) is 5.91 Å². The zero-order chi connectivity index (χ0) is 15.0. The van der Waals surface area contributed by atoms with Gasteiger partial charge in [0.15, 0.2) is 0 Å². The summed E-state index contributed by atoms with van der Waals surface area (Å²) in [6.07, 6.45) is 0. The quantitative estimate of drug-likeness (QED) is 0.760. The number of rotatable bonds is 1. The Kier molecular flexibility index (Phi) is 3.83. The lowest BCUT2D eigenvalue weighted by molar-refractivity contribution is 0.0528. The lowest BCUT2D eigenvalue weighted by Crippen LogP contribution is -2.52. The molecule has 1 aliphatic rings. The molecular weight excluding hydrogens is 286 g/mol. The predicted octanol–water partition coefficient (Wildman–Crippen LogP) is 2.66. The molecule has 1 unspecified atom stereocenters. The van der Waals surface area contributed by atoms with E-state index in [0.29, 0.717) is 10.8 Å². The van der Waals surface area contributed by atoms with Crippen molar-refractivity contribution in [2.45, 2.75) is 13.0 Å². The van der Waals surface area contributed by atoms with Gasteiger partial charge in [-0.1, -0.05) is 35.9 Å². The number of carbonyl (C=O) groups excluding carboxylic acids is 1. The number of hydrogen-bond acceptors (Lipinski definition) is 3. The molecule has 0 aliphatic carbocycles. The number of aromatic nitrogens is 1. The number of pyridine rings is 1. The van der Waals surface area contributed by atoms with Gasteiger partial charge in [-0.25, -0.2) is 4.98 Å². The molecule has 2 heterocycles. The van der Waals surface area contributed by atoms with Crippen molar-refractivity contribution < 1.29 is 4.79 Å². The van der Waals surface area contributed by atoms with Crippen LogP contribution in [0.25, 0.3) is 10.8 Å². The van der Waals surface area contributed by atoms with Crippen LogP contribution in [0.2, 0.25) is 5.15 Å². The first kappa shape index (κ1) is 14.3. The normalized spacial score (nSPS) is 20.0. The minimum Gasteiger partial charge on any atom is -0.332 e. The van der Waals surface area contributed by atoms with Crippen LogP contribution in [0.3, 0.4) is 0 Å². The minimum absolute atomic E-state index is 0.0387. The van der Waals surface area contributed by atoms with Crippen LogP contribution in [0.1, 0.15) is 17.4 Å². The first-order chi connectivity index (χ1) is 10.1. The Labute approximate surface area is 129 Å². The molecule has 0 bridgehead atoms. The van der Waals surface area contributed by atoms with E-state index in [1.807, 2.05) is 35.2 Å². The van der Waals surface area contributed by atoms with E-state index < -0.39 is 0 Å². The predicted molar refractivity (Wildman–Crippen MR) is 84.7 cm³/mol. The van der Waals surface area contributed by atoms with Crippen LogP contribution in [-0.2, 0) is 0 Å². The van der Waals surface area contributed by atoms with Crippen LogP contribution in [0.4, 0.5) is 0 Å². The van der Waals surface area contributed by atoms with E-state index in [1.165, 1.54) is 0 Å². The lowest BCUT2D eigenvalue weighted by Gasteiger charge is -2.38. The smallest absolute Gasteiger partial charge is 0.272 e. The Bertz CT molecular complexity index is 688. The number of likely N-dealkylation sites (N-methyl/N-ethyl adjacent to an activating group) is 1. The zero-order valence-electron chi connectivity index (χ0n) is 12.2. The van der Waals surface area contributed by atoms with Gasteiger partial charge in [-0.05, 0) is 25.4 Å². The summed E-state index contributed by atoms with van der Waals surface area (Å²) in [7, 11) is 2.07. The Morgan fingerprint density at radius 1 is 1.33 bits per heavy atom. The van der Waals surface area contributed by atoms with Crippen LogP contribution in [0, 0.1) is 0 Å². The number of piperazine rings is 1. The summed E-state index contributed by atoms with van der Waals surface area (Å²) in [4.78, 5) is 21.1. The third-order valence-electron chi connectivity index (χ3n) is 4.00. The van der Waals surface area contributed by atoms with E-state index in [4.69, 9.17) is 11.6 Å². The standard InChI is InChI=1S/C16H18ClN3O/c1-11-10-19(2)7-8-20(11)16(21)14-9-12-5-3-4-6-13(12)15(17)18-14/h3-6,9,11H,7-8,10H2,1-2H3. The molecule has 1 atom stereocenters. The summed E-state index contributed by atoms with van der Waals surface area (Å²) in [5.74, 6) is -0.0387. The molecule has 1 amide bonds. The summed E-state index contributed by atoms with van der Waals surface area (Å²) >= 11 is 6.21. The van der Waals surface area contributed by atoms with Gasteiger partial charge in [0.05, 0.1) is 0 Å². The van der Waals surface area contributed by atoms with Crippen molar-refractivity contribution in [3.05, 3.63) is 41.2 Å². The van der Waals surface area contributed by atoms with Gasteiger partial charge in [0, 0.05) is 31.1 Å². The number of carbonyl (C=O) groups is 1. The number of nitrogens with zero attached hydrogens (tertiary/aromatic N) is 3. The molecule has 1 aromatic heterocycles. The van der Waals surface area contributed by atoms with Crippen molar-refractivity contribution in [1.82, 2.24) is 14.8 Å². The third kappa shape index (κ3) is 2.74. The second kappa shape index (κ2) is 5.62. The molecule has 0 radical (unpaired) electrons. The van der Waals surface area contributed by atoms with Crippen LogP contribution in [-0.4, -0.2) is 53.4 Å². The highest BCUT2D eigenvalue weighted by Gasteiger charge is 2.27. The van der Waals surface area contributed by atoms with Crippen molar-refractivity contribution in [3.8, 4) is 0 Å². The van der Waals surface area contributed by atoms with Crippen LogP contribution >= 0.6 is 11.6 Å². The molecule has 21 heavy (non-hydrogen) atoms. The summed E-state index contributed by atoms with van der Waals surface area (Å²) in [5, 5.41) is 2.21. The van der Waals surface area contributed by atoms with Crippen molar-refractivity contribution in [3.63, 3.8) is 0 Å². The summed E-state index contributed by atoms with van der Waals surface area (Å²) in [6.45, 7) is 4.56. The molecule has 4 nitrogen and oxygen atoms in total. The summed E-state index contributed by atoms with van der Waals surface area (Å²) in [5.41, 5.74) is 0.426. The van der Waals surface area contributed by atoms with E-state index in [-0.39, 0.29) is 11.9 Å². The number of amides is 1. The molecule has 0 N–H and O–H groups in total. The Balaban J connectivity index is 1.94. The number of hydrogen-bond donors (Lipinski definition) is 0. The highest BCUT2D eigenvalue weighted by molar-refractivity contribution is 6.34. The maximum absolute atomic E-state index is 12.7. The molecule has 1 aromatic carbocycles. The van der Waals surface area contributed by atoms with E-state index in [1.54, 1.807) is 0 Å². The van der Waals surface area contributed by atoms with Crippen LogP contribution in [0.5, 0.6) is 0 Å². The molecule has 1 aliphatic heterocycles. The molecule has 2 aromatic rings. The molecule has 110 valence electrons. The van der Waals surface area contributed by atoms with Crippen molar-refractivity contribution in [1.29, 1.82) is 0 Å². The van der Waals surface area contributed by atoms with E-state index >= 15 is 0 Å². The van der Waals surface area contributed by atoms with Gasteiger partial charge >= 0.3 is 0 Å². The molecule has 3 rings (SSSR count). The zero-order valence-corrected chi connectivity index (χ0v) is 13.0. The number of benzene rings is 1. The molecule has 0 saturated carbocycles. The van der Waals surface area contributed by atoms with Gasteiger partial charge in [-0.2, -0.15) is 0 Å². The third-order valence-corrected chi connectivity index (χ3v) is 4.29. The van der Waals surface area contributed by atoms with Crippen LogP contribution in [0.15, 0.2) is 30.3 Å². The second-order valence-electron chi connectivity index (χ2n) is 5.63. The fourth-order valence-corrected chi connectivity index (χ4v) is 3.12. The fourth-order valence-electron chi connectivity index (χ4n) is 2.85. The Morgan fingerprint density at radius 3 is 2.86 bits per heavy atom. The monoisotopic (exact) mass is 303 g/mol. The Hall–Kier alpha value is -1.65. The summed E-state index contributed by atoms with van der Waals surface area (Å²) in [6, 6.07) is 9.73. The largest absolute Gasteiger partial charge is 0.332 e. The Morgan fingerprint density at radius 2 is 2.10 bits per heavy atom. The van der Waals surface area contributed by atoms with Crippen molar-refractivity contribution >= 4 is 28.3 Å². The number of fused-ring (bicyclic) bond motifs is 1. The average Bonchev–Trinajstić information content (AvgIpc) is 2.46. The average molecular weight is 304 g/mol. The molecule has 1 fully saturated rings. The summed E-state index contributed by atoms with van der Waals surface area (Å²) < 4.78 is 0. The molecule has 0 spiro atoms. The molecular formula is C16H18ClN3O. The van der Waals surface area contributed by atoms with E-state index in [0.717, 1.165) is 30.4 Å². The van der Waals surface area contributed by atoms with Gasteiger partial charge < -0.3 is 9.80 Å². The topological polar surface area (TPSA) is 36.4 Å². The first-order valence-corrected chi connectivity index (χ1v) is 7.49. The fraction of sp³-hybridized carbons (Fsp3) is 0.375. The SMILES string of the molecule is CC1CN(C)CCN1C(=O)c1cc2ccccc2c(Cl)n1. The van der Waals surface area contributed by atoms with E-state index in [9.17, 15) is 4.79 Å².